The van der Waals surface area contributed by atoms with E-state index < -0.39 is 0 Å². The van der Waals surface area contributed by atoms with Crippen LogP contribution < -0.4 is 16.0 Å². The van der Waals surface area contributed by atoms with E-state index in [0.29, 0.717) is 16.9 Å². The van der Waals surface area contributed by atoms with Gasteiger partial charge in [0, 0.05) is 37.2 Å². The van der Waals surface area contributed by atoms with Gasteiger partial charge in [0.05, 0.1) is 11.3 Å². The normalized spacial score (nSPS) is 10.2. The van der Waals surface area contributed by atoms with Crippen LogP contribution in [-0.4, -0.2) is 23.3 Å². The highest BCUT2D eigenvalue weighted by molar-refractivity contribution is 6.05. The lowest BCUT2D eigenvalue weighted by Crippen LogP contribution is -2.13. The van der Waals surface area contributed by atoms with Crippen molar-refractivity contribution in [3.63, 3.8) is 0 Å². The van der Waals surface area contributed by atoms with Crippen LogP contribution >= 0.6 is 0 Å². The molecule has 0 bridgehead atoms. The predicted octanol–water partition coefficient (Wildman–Crippen LogP) is 4.34. The number of anilines is 3. The number of benzene rings is 2. The average molecular weight is 388 g/mol. The van der Waals surface area contributed by atoms with Crippen LogP contribution in [0.25, 0.3) is 0 Å². The average Bonchev–Trinajstić information content (AvgIpc) is 2.72. The first kappa shape index (κ1) is 20.1. The van der Waals surface area contributed by atoms with Gasteiger partial charge in [0.25, 0.3) is 5.91 Å². The third kappa shape index (κ3) is 6.46. The highest BCUT2D eigenvalue weighted by Gasteiger charge is 2.08. The largest absolute Gasteiger partial charge is 0.384 e. The molecule has 3 N–H and O–H groups in total. The molecule has 6 nitrogen and oxygen atoms in total. The van der Waals surface area contributed by atoms with Gasteiger partial charge in [-0.15, -0.1) is 0 Å². The van der Waals surface area contributed by atoms with Crippen LogP contribution in [0.5, 0.6) is 0 Å². The second-order valence-corrected chi connectivity index (χ2v) is 6.69. The fourth-order valence-corrected chi connectivity index (χ4v) is 2.91. The molecule has 0 aliphatic rings. The standard InChI is InChI=1S/C23H24N4O2/c1-17(28)26-20-10-5-11-21(14-20)27-23(29)19-13-22(16-24-15-19)25-12-6-9-18-7-3-2-4-8-18/h2-5,7-8,10-11,13-16,25H,6,9,12H2,1H3,(H,26,28)(H,27,29). The van der Waals surface area contributed by atoms with Crippen molar-refractivity contribution in [2.24, 2.45) is 0 Å². The Morgan fingerprint density at radius 2 is 1.62 bits per heavy atom. The van der Waals surface area contributed by atoms with Crippen molar-refractivity contribution in [3.8, 4) is 0 Å². The first-order chi connectivity index (χ1) is 14.1. The third-order valence-corrected chi connectivity index (χ3v) is 4.26. The third-order valence-electron chi connectivity index (χ3n) is 4.26. The predicted molar refractivity (Wildman–Crippen MR) is 116 cm³/mol. The lowest BCUT2D eigenvalue weighted by molar-refractivity contribution is -0.114. The second-order valence-electron chi connectivity index (χ2n) is 6.69. The highest BCUT2D eigenvalue weighted by Crippen LogP contribution is 2.17. The summed E-state index contributed by atoms with van der Waals surface area (Å²) in [7, 11) is 0. The quantitative estimate of drug-likeness (QED) is 0.501. The first-order valence-electron chi connectivity index (χ1n) is 9.52. The number of nitrogens with zero attached hydrogens (tertiary/aromatic N) is 1. The maximum atomic E-state index is 12.5. The smallest absolute Gasteiger partial charge is 0.257 e. The molecule has 3 rings (SSSR count). The van der Waals surface area contributed by atoms with Gasteiger partial charge in [-0.2, -0.15) is 0 Å². The molecule has 1 aromatic heterocycles. The summed E-state index contributed by atoms with van der Waals surface area (Å²) in [5, 5.41) is 8.84. The molecule has 0 spiro atoms. The van der Waals surface area contributed by atoms with E-state index in [1.165, 1.54) is 18.7 Å². The van der Waals surface area contributed by atoms with Crippen LogP contribution in [0.2, 0.25) is 0 Å². The molecule has 1 heterocycles. The summed E-state index contributed by atoms with van der Waals surface area (Å²) in [6, 6.07) is 19.1. The molecule has 148 valence electrons. The Morgan fingerprint density at radius 1 is 0.862 bits per heavy atom. The van der Waals surface area contributed by atoms with Crippen molar-refractivity contribution < 1.29 is 9.59 Å². The number of aryl methyl sites for hydroxylation is 1. The van der Waals surface area contributed by atoms with Gasteiger partial charge in [0.2, 0.25) is 5.91 Å². The summed E-state index contributed by atoms with van der Waals surface area (Å²) in [6.07, 6.45) is 5.21. The number of nitrogens with one attached hydrogen (secondary N) is 3. The van der Waals surface area contributed by atoms with Crippen molar-refractivity contribution in [2.75, 3.05) is 22.5 Å². The molecular weight excluding hydrogens is 364 g/mol. The molecule has 0 saturated carbocycles. The van der Waals surface area contributed by atoms with E-state index in [4.69, 9.17) is 0 Å². The van der Waals surface area contributed by atoms with Crippen LogP contribution in [0.3, 0.4) is 0 Å². The maximum Gasteiger partial charge on any atom is 0.257 e. The zero-order chi connectivity index (χ0) is 20.5. The van der Waals surface area contributed by atoms with Gasteiger partial charge >= 0.3 is 0 Å². The lowest BCUT2D eigenvalue weighted by Gasteiger charge is -2.10. The monoisotopic (exact) mass is 388 g/mol. The van der Waals surface area contributed by atoms with E-state index in [0.717, 1.165) is 25.1 Å². The second kappa shape index (κ2) is 10.0. The summed E-state index contributed by atoms with van der Waals surface area (Å²) in [4.78, 5) is 27.9. The summed E-state index contributed by atoms with van der Waals surface area (Å²) in [5.41, 5.74) is 3.80. The highest BCUT2D eigenvalue weighted by atomic mass is 16.2. The first-order valence-corrected chi connectivity index (χ1v) is 9.52. The molecule has 29 heavy (non-hydrogen) atoms. The SMILES string of the molecule is CC(=O)Nc1cccc(NC(=O)c2cncc(NCCCc3ccccc3)c2)c1. The van der Waals surface area contributed by atoms with Gasteiger partial charge in [-0.05, 0) is 42.7 Å². The molecule has 2 aromatic carbocycles. The Balaban J connectivity index is 1.54. The van der Waals surface area contributed by atoms with Crippen molar-refractivity contribution in [1.82, 2.24) is 4.98 Å². The zero-order valence-electron chi connectivity index (χ0n) is 16.3. The van der Waals surface area contributed by atoms with E-state index in [9.17, 15) is 9.59 Å². The van der Waals surface area contributed by atoms with E-state index in [-0.39, 0.29) is 11.8 Å². The summed E-state index contributed by atoms with van der Waals surface area (Å²) in [5.74, 6) is -0.422. The Morgan fingerprint density at radius 3 is 2.38 bits per heavy atom. The fraction of sp³-hybridized carbons (Fsp3) is 0.174. The number of hydrogen-bond donors (Lipinski definition) is 3. The summed E-state index contributed by atoms with van der Waals surface area (Å²) in [6.45, 7) is 2.23. The van der Waals surface area contributed by atoms with Gasteiger partial charge < -0.3 is 16.0 Å². The molecule has 0 radical (unpaired) electrons. The molecule has 0 unspecified atom stereocenters. The molecular formula is C23H24N4O2. The van der Waals surface area contributed by atoms with Crippen molar-refractivity contribution >= 4 is 28.9 Å². The zero-order valence-corrected chi connectivity index (χ0v) is 16.3. The Bertz CT molecular complexity index is 973. The van der Waals surface area contributed by atoms with Crippen LogP contribution in [0.15, 0.2) is 73.1 Å². The molecule has 0 atom stereocenters. The van der Waals surface area contributed by atoms with Gasteiger partial charge in [-0.3, -0.25) is 14.6 Å². The van der Waals surface area contributed by atoms with E-state index >= 15 is 0 Å². The molecule has 0 aliphatic carbocycles. The van der Waals surface area contributed by atoms with Crippen molar-refractivity contribution in [2.45, 2.75) is 19.8 Å². The number of rotatable bonds is 8. The van der Waals surface area contributed by atoms with Crippen LogP contribution in [0, 0.1) is 0 Å². The van der Waals surface area contributed by atoms with Gasteiger partial charge in [-0.25, -0.2) is 0 Å². The number of hydrogen-bond acceptors (Lipinski definition) is 4. The van der Waals surface area contributed by atoms with Gasteiger partial charge in [0.1, 0.15) is 0 Å². The number of pyridine rings is 1. The molecule has 3 aromatic rings. The molecule has 0 saturated heterocycles. The minimum absolute atomic E-state index is 0.163. The minimum Gasteiger partial charge on any atom is -0.384 e. The van der Waals surface area contributed by atoms with Crippen molar-refractivity contribution in [3.05, 3.63) is 84.2 Å². The van der Waals surface area contributed by atoms with Crippen molar-refractivity contribution in [1.29, 1.82) is 0 Å². The van der Waals surface area contributed by atoms with E-state index in [2.05, 4.69) is 33.1 Å². The number of carbonyl (C=O) groups is 2. The topological polar surface area (TPSA) is 83.1 Å². The number of aromatic nitrogens is 1. The van der Waals surface area contributed by atoms with E-state index in [1.54, 1.807) is 36.5 Å². The molecule has 0 aliphatic heterocycles. The van der Waals surface area contributed by atoms with E-state index in [1.807, 2.05) is 18.2 Å². The van der Waals surface area contributed by atoms with Crippen LogP contribution in [-0.2, 0) is 11.2 Å². The van der Waals surface area contributed by atoms with Gasteiger partial charge in [0.15, 0.2) is 0 Å². The Kier molecular flexibility index (Phi) is 6.95. The Labute approximate surface area is 170 Å². The lowest BCUT2D eigenvalue weighted by atomic mass is 10.1. The van der Waals surface area contributed by atoms with Crippen LogP contribution in [0.4, 0.5) is 17.1 Å². The maximum absolute atomic E-state index is 12.5. The molecule has 0 fully saturated rings. The number of amides is 2. The molecule has 6 heteroatoms. The molecule has 2 amide bonds. The summed E-state index contributed by atoms with van der Waals surface area (Å²) < 4.78 is 0. The Hall–Kier alpha value is -3.67. The number of carbonyl (C=O) groups excluding carboxylic acids is 2. The fourth-order valence-electron chi connectivity index (χ4n) is 2.91. The van der Waals surface area contributed by atoms with Gasteiger partial charge in [-0.1, -0.05) is 36.4 Å². The summed E-state index contributed by atoms with van der Waals surface area (Å²) >= 11 is 0. The van der Waals surface area contributed by atoms with Crippen LogP contribution in [0.1, 0.15) is 29.3 Å². The minimum atomic E-state index is -0.259.